The quantitative estimate of drug-likeness (QED) is 0.288. The molecule has 68 valence electrons. The summed E-state index contributed by atoms with van der Waals surface area (Å²) < 4.78 is 5.22. The monoisotopic (exact) mass is 210 g/mol. The lowest BCUT2D eigenvalue weighted by Gasteiger charge is -2.15. The Morgan fingerprint density at radius 3 is 2.36 bits per heavy atom. The van der Waals surface area contributed by atoms with Crippen LogP contribution in [-0.2, 0) is 4.18 Å². The molecule has 0 aliphatic heterocycles. The van der Waals surface area contributed by atoms with E-state index in [2.05, 4.69) is 20.0 Å². The van der Waals surface area contributed by atoms with Crippen molar-refractivity contribution in [2.75, 3.05) is 6.61 Å². The lowest BCUT2D eigenvalue weighted by Crippen LogP contribution is -2.18. The lowest BCUT2D eigenvalue weighted by atomic mass is 10.6. The van der Waals surface area contributed by atoms with Crippen molar-refractivity contribution in [3.8, 4) is 0 Å². The maximum atomic E-state index is 5.22. The summed E-state index contributed by atoms with van der Waals surface area (Å²) in [5.41, 5.74) is 0. The van der Waals surface area contributed by atoms with Crippen LogP contribution in [0.25, 0.3) is 0 Å². The van der Waals surface area contributed by atoms with Gasteiger partial charge >= 0.3 is 0 Å². The van der Waals surface area contributed by atoms with Gasteiger partial charge in [0.05, 0.1) is 17.7 Å². The zero-order chi connectivity index (χ0) is 8.69. The van der Waals surface area contributed by atoms with Crippen LogP contribution in [-0.4, -0.2) is 20.3 Å². The van der Waals surface area contributed by atoms with Crippen molar-refractivity contribution in [1.29, 1.82) is 0 Å². The highest BCUT2D eigenvalue weighted by Crippen LogP contribution is 2.30. The minimum absolute atomic E-state index is 0.466. The van der Waals surface area contributed by atoms with Crippen molar-refractivity contribution in [2.45, 2.75) is 38.2 Å². The Labute approximate surface area is 79.9 Å². The summed E-state index contributed by atoms with van der Waals surface area (Å²) in [4.78, 5) is 0.867. The van der Waals surface area contributed by atoms with Gasteiger partial charge in [0, 0.05) is 13.7 Å². The molecule has 0 N–H and O–H groups in total. The van der Waals surface area contributed by atoms with Gasteiger partial charge in [-0.3, -0.25) is 0 Å². The third kappa shape index (κ3) is 6.08. The third-order valence-electron chi connectivity index (χ3n) is 1.47. The van der Waals surface area contributed by atoms with E-state index in [1.807, 2.05) is 17.7 Å². The molecule has 1 unspecified atom stereocenters. The minimum Gasteiger partial charge on any atom is -0.305 e. The van der Waals surface area contributed by atoms with Gasteiger partial charge in [0.1, 0.15) is 0 Å². The van der Waals surface area contributed by atoms with E-state index in [0.29, 0.717) is 0 Å². The molecule has 4 heteroatoms. The molecular weight excluding hydrogens is 192 g/mol. The minimum atomic E-state index is -0.466. The Morgan fingerprint density at radius 2 is 2.00 bits per heavy atom. The zero-order valence-electron chi connectivity index (χ0n) is 7.79. The molecule has 11 heavy (non-hydrogen) atoms. The lowest BCUT2D eigenvalue weighted by molar-refractivity contribution is 0.408. The molecule has 1 atom stereocenters. The maximum absolute atomic E-state index is 5.22. The van der Waals surface area contributed by atoms with E-state index < -0.39 is 8.80 Å². The predicted molar refractivity (Wildman–Crippen MR) is 59.8 cm³/mol. The number of hydrogen-bond donors (Lipinski definition) is 0. The summed E-state index contributed by atoms with van der Waals surface area (Å²) in [6, 6.07) is 0. The van der Waals surface area contributed by atoms with Crippen molar-refractivity contribution in [1.82, 2.24) is 0 Å². The van der Waals surface area contributed by atoms with E-state index in [0.717, 1.165) is 11.5 Å². The van der Waals surface area contributed by atoms with Gasteiger partial charge in [-0.05, 0) is 13.3 Å². The molecule has 0 aromatic rings. The van der Waals surface area contributed by atoms with Crippen LogP contribution in [0.2, 0.25) is 13.1 Å². The molecule has 0 saturated heterocycles. The second-order valence-electron chi connectivity index (χ2n) is 2.76. The molecule has 0 heterocycles. The molecule has 0 rings (SSSR count). The third-order valence-corrected chi connectivity index (χ3v) is 8.32. The van der Waals surface area contributed by atoms with Crippen LogP contribution >= 0.6 is 21.9 Å². The molecule has 1 nitrogen and oxygen atoms in total. The van der Waals surface area contributed by atoms with E-state index in [-0.39, 0.29) is 0 Å². The molecule has 0 saturated carbocycles. The highest BCUT2D eigenvalue weighted by molar-refractivity contribution is 8.75. The van der Waals surface area contributed by atoms with Crippen molar-refractivity contribution < 1.29 is 4.18 Å². The van der Waals surface area contributed by atoms with Crippen LogP contribution < -0.4 is 0 Å². The largest absolute Gasteiger partial charge is 0.305 e. The van der Waals surface area contributed by atoms with Gasteiger partial charge in [-0.2, -0.15) is 0 Å². The summed E-state index contributed by atoms with van der Waals surface area (Å²) in [7, 11) is 1.44. The first-order chi connectivity index (χ1) is 5.22. The highest BCUT2D eigenvalue weighted by Gasteiger charge is 2.12. The number of hydrogen-bond acceptors (Lipinski definition) is 3. The Morgan fingerprint density at radius 1 is 1.36 bits per heavy atom. The first-order valence-corrected chi connectivity index (χ1v) is 9.28. The van der Waals surface area contributed by atoms with Crippen molar-refractivity contribution in [3.63, 3.8) is 0 Å². The fraction of sp³-hybridized carbons (Fsp3) is 1.00. The van der Waals surface area contributed by atoms with Crippen molar-refractivity contribution in [2.24, 2.45) is 0 Å². The van der Waals surface area contributed by atoms with Crippen molar-refractivity contribution in [3.05, 3.63) is 0 Å². The van der Waals surface area contributed by atoms with E-state index >= 15 is 0 Å². The molecular formula is C7H18OS2Si. The van der Waals surface area contributed by atoms with Gasteiger partial charge in [-0.15, -0.1) is 0 Å². The molecule has 0 bridgehead atoms. The fourth-order valence-corrected chi connectivity index (χ4v) is 6.57. The zero-order valence-corrected chi connectivity index (χ0v) is 10.6. The average Bonchev–Trinajstić information content (AvgIpc) is 1.97. The molecule has 0 aromatic heterocycles. The van der Waals surface area contributed by atoms with E-state index in [1.54, 1.807) is 11.1 Å². The Balaban J connectivity index is 3.36. The van der Waals surface area contributed by atoms with Gasteiger partial charge in [0.25, 0.3) is 0 Å². The standard InChI is InChI=1S/C7H18OS2Si/c1-5-7(11(3)4)9-10-8-6-2/h7,11H,5-6H2,1-4H3. The summed E-state index contributed by atoms with van der Waals surface area (Å²) in [5.74, 6) is 0. The Kier molecular flexibility index (Phi) is 8.12. The molecule has 0 aliphatic rings. The number of rotatable bonds is 6. The first-order valence-electron chi connectivity index (χ1n) is 4.17. The van der Waals surface area contributed by atoms with Gasteiger partial charge < -0.3 is 4.18 Å². The SMILES string of the molecule is CCOSSC(CC)[SiH](C)C. The van der Waals surface area contributed by atoms with Gasteiger partial charge in [0.2, 0.25) is 0 Å². The molecule has 0 aromatic carbocycles. The fourth-order valence-electron chi connectivity index (χ4n) is 0.777. The smallest absolute Gasteiger partial charge is 0.0621 e. The Bertz CT molecular complexity index is 90.5. The summed E-state index contributed by atoms with van der Waals surface area (Å²) in [6.07, 6.45) is 1.29. The summed E-state index contributed by atoms with van der Waals surface area (Å²) >= 11 is 1.57. The highest BCUT2D eigenvalue weighted by atomic mass is 33.1. The van der Waals surface area contributed by atoms with Crippen LogP contribution in [0.5, 0.6) is 0 Å². The average molecular weight is 210 g/mol. The predicted octanol–water partition coefficient (Wildman–Crippen LogP) is 3.12. The van der Waals surface area contributed by atoms with E-state index in [9.17, 15) is 0 Å². The van der Waals surface area contributed by atoms with Crippen LogP contribution in [0, 0.1) is 0 Å². The van der Waals surface area contributed by atoms with Crippen LogP contribution in [0.15, 0.2) is 0 Å². The van der Waals surface area contributed by atoms with E-state index in [1.165, 1.54) is 6.42 Å². The second-order valence-corrected chi connectivity index (χ2v) is 8.69. The summed E-state index contributed by atoms with van der Waals surface area (Å²) in [5, 5.41) is 0. The molecule has 0 fully saturated rings. The van der Waals surface area contributed by atoms with Gasteiger partial charge in [-0.25, -0.2) is 0 Å². The van der Waals surface area contributed by atoms with Crippen LogP contribution in [0.1, 0.15) is 20.3 Å². The molecule has 0 amide bonds. The molecule has 0 spiro atoms. The van der Waals surface area contributed by atoms with Gasteiger partial charge in [-0.1, -0.05) is 30.8 Å². The van der Waals surface area contributed by atoms with Crippen LogP contribution in [0.3, 0.4) is 0 Å². The van der Waals surface area contributed by atoms with Gasteiger partial charge in [0.15, 0.2) is 0 Å². The topological polar surface area (TPSA) is 9.23 Å². The van der Waals surface area contributed by atoms with Crippen molar-refractivity contribution >= 4 is 30.7 Å². The summed E-state index contributed by atoms with van der Waals surface area (Å²) in [6.45, 7) is 9.90. The molecule has 0 radical (unpaired) electrons. The first kappa shape index (κ1) is 11.9. The Hall–Kier alpha value is 0.877. The molecule has 0 aliphatic carbocycles. The van der Waals surface area contributed by atoms with Crippen LogP contribution in [0.4, 0.5) is 0 Å². The maximum Gasteiger partial charge on any atom is 0.0621 e. The van der Waals surface area contributed by atoms with E-state index in [4.69, 9.17) is 4.18 Å². The second kappa shape index (κ2) is 7.52. The normalized spacial score (nSPS) is 13.9.